The van der Waals surface area contributed by atoms with Crippen LogP contribution >= 0.6 is 11.3 Å². The highest BCUT2D eigenvalue weighted by Crippen LogP contribution is 2.30. The minimum absolute atomic E-state index is 0.661. The van der Waals surface area contributed by atoms with Gasteiger partial charge in [-0.15, -0.1) is 11.3 Å². The number of thiophene rings is 1. The summed E-state index contributed by atoms with van der Waals surface area (Å²) in [5, 5.41) is 4.23. The lowest BCUT2D eigenvalue weighted by molar-refractivity contribution is 0.910. The Bertz CT molecular complexity index is 728. The first-order chi connectivity index (χ1) is 9.22. The molecule has 5 nitrogen and oxygen atoms in total. The van der Waals surface area contributed by atoms with Crippen molar-refractivity contribution in [1.29, 1.82) is 0 Å². The third kappa shape index (κ3) is 1.98. The molecule has 1 N–H and O–H groups in total. The molecule has 0 atom stereocenters. The maximum Gasteiger partial charge on any atom is 0.199 e. The van der Waals surface area contributed by atoms with Crippen molar-refractivity contribution in [1.82, 2.24) is 19.5 Å². The van der Waals surface area contributed by atoms with Crippen LogP contribution < -0.4 is 5.32 Å². The third-order valence-corrected chi connectivity index (χ3v) is 4.22. The van der Waals surface area contributed by atoms with Crippen LogP contribution in [0.5, 0.6) is 0 Å². The standard InChI is InChI=1S/C13H15N5S/c1-4-8-7-9-10(14-2)16-11(17-13(9)19-8)12-15-5-6-18(12)3/h5-7H,4H2,1-3H3,(H,14,16,17). The molecule has 3 aromatic rings. The fraction of sp³-hybridized carbons (Fsp3) is 0.308. The van der Waals surface area contributed by atoms with E-state index in [2.05, 4.69) is 33.3 Å². The second-order valence-corrected chi connectivity index (χ2v) is 5.41. The van der Waals surface area contributed by atoms with Gasteiger partial charge in [0.25, 0.3) is 0 Å². The molecule has 0 aliphatic rings. The zero-order valence-electron chi connectivity index (χ0n) is 11.1. The summed E-state index contributed by atoms with van der Waals surface area (Å²) >= 11 is 1.72. The second-order valence-electron chi connectivity index (χ2n) is 4.29. The van der Waals surface area contributed by atoms with Gasteiger partial charge in [-0.2, -0.15) is 0 Å². The first kappa shape index (κ1) is 12.1. The van der Waals surface area contributed by atoms with Gasteiger partial charge in [0.2, 0.25) is 0 Å². The first-order valence-corrected chi connectivity index (χ1v) is 7.00. The number of aromatic nitrogens is 4. The summed E-state index contributed by atoms with van der Waals surface area (Å²) in [6.07, 6.45) is 4.67. The molecule has 3 aromatic heterocycles. The molecule has 0 saturated carbocycles. The summed E-state index contributed by atoms with van der Waals surface area (Å²) in [4.78, 5) is 15.8. The molecule has 0 aliphatic heterocycles. The number of hydrogen-bond acceptors (Lipinski definition) is 5. The van der Waals surface area contributed by atoms with E-state index in [1.54, 1.807) is 17.5 Å². The van der Waals surface area contributed by atoms with Gasteiger partial charge < -0.3 is 9.88 Å². The number of anilines is 1. The lowest BCUT2D eigenvalue weighted by atomic mass is 10.3. The highest BCUT2D eigenvalue weighted by Gasteiger charge is 2.13. The summed E-state index contributed by atoms with van der Waals surface area (Å²) in [6, 6.07) is 2.16. The predicted molar refractivity (Wildman–Crippen MR) is 78.5 cm³/mol. The zero-order valence-corrected chi connectivity index (χ0v) is 12.0. The van der Waals surface area contributed by atoms with Gasteiger partial charge in [0.05, 0.1) is 5.39 Å². The minimum atomic E-state index is 0.661. The van der Waals surface area contributed by atoms with E-state index in [-0.39, 0.29) is 0 Å². The summed E-state index contributed by atoms with van der Waals surface area (Å²) in [5.74, 6) is 2.30. The number of fused-ring (bicyclic) bond motifs is 1. The molecule has 0 unspecified atom stereocenters. The van der Waals surface area contributed by atoms with Crippen LogP contribution in [0.2, 0.25) is 0 Å². The fourth-order valence-electron chi connectivity index (χ4n) is 2.02. The monoisotopic (exact) mass is 273 g/mol. The number of hydrogen-bond donors (Lipinski definition) is 1. The maximum absolute atomic E-state index is 4.64. The molecular weight excluding hydrogens is 258 g/mol. The molecule has 19 heavy (non-hydrogen) atoms. The Kier molecular flexibility index (Phi) is 2.94. The molecule has 0 amide bonds. The van der Waals surface area contributed by atoms with E-state index in [9.17, 15) is 0 Å². The largest absolute Gasteiger partial charge is 0.372 e. The van der Waals surface area contributed by atoms with Crippen LogP contribution in [0.3, 0.4) is 0 Å². The number of imidazole rings is 1. The molecule has 0 bridgehead atoms. The second kappa shape index (κ2) is 4.62. The van der Waals surface area contributed by atoms with Crippen molar-refractivity contribution in [2.75, 3.05) is 12.4 Å². The maximum atomic E-state index is 4.64. The summed E-state index contributed by atoms with van der Waals surface area (Å²) in [6.45, 7) is 2.15. The number of nitrogens with zero attached hydrogens (tertiary/aromatic N) is 4. The zero-order chi connectivity index (χ0) is 13.4. The van der Waals surface area contributed by atoms with Crippen LogP contribution in [0.15, 0.2) is 18.5 Å². The molecule has 0 saturated heterocycles. The van der Waals surface area contributed by atoms with Gasteiger partial charge in [0, 0.05) is 31.4 Å². The smallest absolute Gasteiger partial charge is 0.199 e. The number of rotatable bonds is 3. The molecule has 0 aliphatic carbocycles. The molecule has 3 heterocycles. The van der Waals surface area contributed by atoms with Crippen molar-refractivity contribution in [2.24, 2.45) is 7.05 Å². The molecule has 0 aromatic carbocycles. The van der Waals surface area contributed by atoms with Gasteiger partial charge in [-0.1, -0.05) is 6.92 Å². The van der Waals surface area contributed by atoms with Crippen molar-refractivity contribution >= 4 is 27.4 Å². The summed E-state index contributed by atoms with van der Waals surface area (Å²) < 4.78 is 1.93. The third-order valence-electron chi connectivity index (χ3n) is 3.05. The molecule has 3 rings (SSSR count). The Labute approximate surface area is 115 Å². The van der Waals surface area contributed by atoms with Crippen LogP contribution in [-0.2, 0) is 13.5 Å². The quantitative estimate of drug-likeness (QED) is 0.797. The van der Waals surface area contributed by atoms with Crippen LogP contribution in [0.1, 0.15) is 11.8 Å². The Morgan fingerprint density at radius 3 is 2.84 bits per heavy atom. The average molecular weight is 273 g/mol. The molecule has 0 radical (unpaired) electrons. The Morgan fingerprint density at radius 1 is 1.37 bits per heavy atom. The van der Waals surface area contributed by atoms with Crippen molar-refractivity contribution in [2.45, 2.75) is 13.3 Å². The molecule has 0 fully saturated rings. The van der Waals surface area contributed by atoms with Crippen molar-refractivity contribution < 1.29 is 0 Å². The lowest BCUT2D eigenvalue weighted by Crippen LogP contribution is -2.00. The SMILES string of the molecule is CCc1cc2c(NC)nc(-c3nccn3C)nc2s1. The van der Waals surface area contributed by atoms with Crippen molar-refractivity contribution in [3.05, 3.63) is 23.3 Å². The molecule has 6 heteroatoms. The molecule has 0 spiro atoms. The van der Waals surface area contributed by atoms with Crippen molar-refractivity contribution in [3.8, 4) is 11.6 Å². The fourth-order valence-corrected chi connectivity index (χ4v) is 2.98. The van der Waals surface area contributed by atoms with E-state index >= 15 is 0 Å². The highest BCUT2D eigenvalue weighted by atomic mass is 32.1. The van der Waals surface area contributed by atoms with E-state index in [0.29, 0.717) is 5.82 Å². The van der Waals surface area contributed by atoms with Gasteiger partial charge in [0.15, 0.2) is 11.6 Å². The highest BCUT2D eigenvalue weighted by molar-refractivity contribution is 7.18. The Hall–Kier alpha value is -1.95. The minimum Gasteiger partial charge on any atom is -0.372 e. The van der Waals surface area contributed by atoms with Gasteiger partial charge in [-0.25, -0.2) is 15.0 Å². The first-order valence-electron chi connectivity index (χ1n) is 6.18. The number of nitrogens with one attached hydrogen (secondary N) is 1. The average Bonchev–Trinajstić information content (AvgIpc) is 3.02. The summed E-state index contributed by atoms with van der Waals surface area (Å²) in [7, 11) is 3.83. The molecule has 98 valence electrons. The van der Waals surface area contributed by atoms with Crippen LogP contribution in [0.4, 0.5) is 5.82 Å². The van der Waals surface area contributed by atoms with Crippen LogP contribution in [0.25, 0.3) is 21.9 Å². The van der Waals surface area contributed by atoms with Gasteiger partial charge in [-0.05, 0) is 12.5 Å². The van der Waals surface area contributed by atoms with E-state index in [4.69, 9.17) is 0 Å². The van der Waals surface area contributed by atoms with Gasteiger partial charge >= 0.3 is 0 Å². The number of aryl methyl sites for hydroxylation is 2. The Morgan fingerprint density at radius 2 is 2.21 bits per heavy atom. The van der Waals surface area contributed by atoms with Gasteiger partial charge in [-0.3, -0.25) is 0 Å². The normalized spacial score (nSPS) is 11.1. The predicted octanol–water partition coefficient (Wildman–Crippen LogP) is 2.70. The van der Waals surface area contributed by atoms with E-state index in [0.717, 1.165) is 28.3 Å². The van der Waals surface area contributed by atoms with Gasteiger partial charge in [0.1, 0.15) is 10.6 Å². The lowest BCUT2D eigenvalue weighted by Gasteiger charge is -2.05. The molecular formula is C13H15N5S. The van der Waals surface area contributed by atoms with E-state index in [1.807, 2.05) is 24.9 Å². The summed E-state index contributed by atoms with van der Waals surface area (Å²) in [5.41, 5.74) is 0. The topological polar surface area (TPSA) is 55.6 Å². The van der Waals surface area contributed by atoms with Crippen molar-refractivity contribution in [3.63, 3.8) is 0 Å². The Balaban J connectivity index is 2.25. The van der Waals surface area contributed by atoms with E-state index in [1.165, 1.54) is 4.88 Å². The van der Waals surface area contributed by atoms with Crippen LogP contribution in [-0.4, -0.2) is 26.6 Å². The van der Waals surface area contributed by atoms with E-state index < -0.39 is 0 Å². The van der Waals surface area contributed by atoms with Crippen LogP contribution in [0, 0.1) is 0 Å².